The number of hydrogen-bond acceptors (Lipinski definition) is 3. The molecule has 3 rings (SSSR count). The molecule has 0 spiro atoms. The van der Waals surface area contributed by atoms with E-state index in [-0.39, 0.29) is 6.10 Å². The molecule has 2 aliphatic rings. The van der Waals surface area contributed by atoms with Crippen LogP contribution in [-0.4, -0.2) is 42.4 Å². The molecule has 2 heterocycles. The van der Waals surface area contributed by atoms with Gasteiger partial charge in [0.05, 0.1) is 12.7 Å². The van der Waals surface area contributed by atoms with E-state index in [1.807, 2.05) is 0 Å². The number of rotatable bonds is 3. The molecular formula is C15H21NO2. The molecule has 0 bridgehead atoms. The van der Waals surface area contributed by atoms with Crippen molar-refractivity contribution in [3.63, 3.8) is 0 Å². The molecule has 2 aliphatic heterocycles. The fourth-order valence-corrected chi connectivity index (χ4v) is 2.92. The quantitative estimate of drug-likeness (QED) is 0.881. The summed E-state index contributed by atoms with van der Waals surface area (Å²) in [4.78, 5) is 2.37. The molecular weight excluding hydrogens is 226 g/mol. The summed E-state index contributed by atoms with van der Waals surface area (Å²) < 4.78 is 5.52. The van der Waals surface area contributed by atoms with E-state index in [2.05, 4.69) is 23.1 Å². The Morgan fingerprint density at radius 1 is 1.39 bits per heavy atom. The molecule has 3 nitrogen and oxygen atoms in total. The van der Waals surface area contributed by atoms with Crippen LogP contribution in [0.1, 0.15) is 24.0 Å². The number of nitrogens with zero attached hydrogens (tertiary/aromatic N) is 1. The summed E-state index contributed by atoms with van der Waals surface area (Å²) in [6, 6.07) is 6.55. The molecule has 0 aliphatic carbocycles. The van der Waals surface area contributed by atoms with Crippen molar-refractivity contribution in [2.45, 2.75) is 31.8 Å². The van der Waals surface area contributed by atoms with Crippen LogP contribution in [0.25, 0.3) is 0 Å². The molecule has 0 radical (unpaired) electrons. The molecule has 1 aromatic carbocycles. The summed E-state index contributed by atoms with van der Waals surface area (Å²) in [6.45, 7) is 3.85. The molecule has 98 valence electrons. The van der Waals surface area contributed by atoms with Crippen molar-refractivity contribution in [2.24, 2.45) is 0 Å². The molecule has 0 amide bonds. The third-order valence-corrected chi connectivity index (χ3v) is 3.95. The maximum Gasteiger partial charge on any atom is 0.122 e. The van der Waals surface area contributed by atoms with E-state index in [0.717, 1.165) is 57.7 Å². The van der Waals surface area contributed by atoms with Crippen LogP contribution >= 0.6 is 0 Å². The number of likely N-dealkylation sites (tertiary alicyclic amines) is 1. The van der Waals surface area contributed by atoms with Gasteiger partial charge >= 0.3 is 0 Å². The van der Waals surface area contributed by atoms with Gasteiger partial charge in [0.15, 0.2) is 0 Å². The minimum Gasteiger partial charge on any atom is -0.493 e. The molecule has 1 atom stereocenters. The number of β-amino-alcohol motifs (C(OH)–C–C–N with tert-alkyl or cyclic N) is 1. The summed E-state index contributed by atoms with van der Waals surface area (Å²) >= 11 is 0. The smallest absolute Gasteiger partial charge is 0.122 e. The second-order valence-corrected chi connectivity index (χ2v) is 5.39. The zero-order chi connectivity index (χ0) is 12.4. The first-order valence-electron chi connectivity index (χ1n) is 6.96. The first kappa shape index (κ1) is 12.0. The minimum absolute atomic E-state index is 0.118. The fraction of sp³-hybridized carbons (Fsp3) is 0.600. The number of fused-ring (bicyclic) bond motifs is 1. The maximum atomic E-state index is 9.65. The highest BCUT2D eigenvalue weighted by Gasteiger charge is 2.17. The molecule has 1 saturated heterocycles. The Balaban J connectivity index is 1.56. The summed E-state index contributed by atoms with van der Waals surface area (Å²) in [5.41, 5.74) is 2.74. The zero-order valence-electron chi connectivity index (χ0n) is 10.8. The van der Waals surface area contributed by atoms with Gasteiger partial charge in [0.2, 0.25) is 0 Å². The average molecular weight is 247 g/mol. The predicted octanol–water partition coefficient (Wildman–Crippen LogP) is 1.62. The van der Waals surface area contributed by atoms with Gasteiger partial charge in [-0.05, 0) is 43.0 Å². The lowest BCUT2D eigenvalue weighted by Crippen LogP contribution is -2.39. The molecule has 1 aromatic rings. The normalized spacial score (nSPS) is 23.7. The van der Waals surface area contributed by atoms with E-state index in [1.54, 1.807) is 0 Å². The number of aliphatic hydroxyl groups excluding tert-OH is 1. The van der Waals surface area contributed by atoms with Crippen molar-refractivity contribution >= 4 is 0 Å². The van der Waals surface area contributed by atoms with Crippen molar-refractivity contribution in [1.29, 1.82) is 0 Å². The third-order valence-electron chi connectivity index (χ3n) is 3.95. The van der Waals surface area contributed by atoms with Crippen LogP contribution in [0.3, 0.4) is 0 Å². The SMILES string of the molecule is O[C@H]1CCCN(CCc2ccc3c(c2)CCO3)C1. The van der Waals surface area contributed by atoms with E-state index in [9.17, 15) is 5.11 Å². The number of hydrogen-bond donors (Lipinski definition) is 1. The topological polar surface area (TPSA) is 32.7 Å². The van der Waals surface area contributed by atoms with E-state index >= 15 is 0 Å². The highest BCUT2D eigenvalue weighted by molar-refractivity contribution is 5.39. The van der Waals surface area contributed by atoms with Gasteiger partial charge in [-0.2, -0.15) is 0 Å². The van der Waals surface area contributed by atoms with Crippen molar-refractivity contribution in [1.82, 2.24) is 4.90 Å². The lowest BCUT2D eigenvalue weighted by Gasteiger charge is -2.29. The van der Waals surface area contributed by atoms with Crippen LogP contribution in [0.2, 0.25) is 0 Å². The van der Waals surface area contributed by atoms with Crippen LogP contribution in [0.5, 0.6) is 5.75 Å². The van der Waals surface area contributed by atoms with Gasteiger partial charge in [0, 0.05) is 19.5 Å². The fourth-order valence-electron chi connectivity index (χ4n) is 2.92. The lowest BCUT2D eigenvalue weighted by atomic mass is 10.0. The Bertz CT molecular complexity index is 419. The summed E-state index contributed by atoms with van der Waals surface area (Å²) in [6.07, 6.45) is 4.09. The summed E-state index contributed by atoms with van der Waals surface area (Å²) in [5, 5.41) is 9.65. The van der Waals surface area contributed by atoms with Gasteiger partial charge in [0.1, 0.15) is 5.75 Å². The Morgan fingerprint density at radius 3 is 3.22 bits per heavy atom. The molecule has 0 saturated carbocycles. The van der Waals surface area contributed by atoms with Gasteiger partial charge < -0.3 is 14.7 Å². The molecule has 0 aromatic heterocycles. The van der Waals surface area contributed by atoms with Crippen molar-refractivity contribution in [3.05, 3.63) is 29.3 Å². The average Bonchev–Trinajstić information content (AvgIpc) is 2.84. The monoisotopic (exact) mass is 247 g/mol. The van der Waals surface area contributed by atoms with E-state index in [1.165, 1.54) is 11.1 Å². The Hall–Kier alpha value is -1.06. The molecule has 0 unspecified atom stereocenters. The molecule has 3 heteroatoms. The van der Waals surface area contributed by atoms with Gasteiger partial charge in [-0.25, -0.2) is 0 Å². The maximum absolute atomic E-state index is 9.65. The number of aliphatic hydroxyl groups is 1. The first-order valence-corrected chi connectivity index (χ1v) is 6.96. The lowest BCUT2D eigenvalue weighted by molar-refractivity contribution is 0.0714. The molecule has 1 fully saturated rings. The second kappa shape index (κ2) is 5.29. The van der Waals surface area contributed by atoms with Crippen LogP contribution in [0.15, 0.2) is 18.2 Å². The van der Waals surface area contributed by atoms with E-state index < -0.39 is 0 Å². The van der Waals surface area contributed by atoms with Gasteiger partial charge in [0.25, 0.3) is 0 Å². The Labute approximate surface area is 108 Å². The zero-order valence-corrected chi connectivity index (χ0v) is 10.8. The second-order valence-electron chi connectivity index (χ2n) is 5.39. The van der Waals surface area contributed by atoms with Gasteiger partial charge in [-0.3, -0.25) is 0 Å². The van der Waals surface area contributed by atoms with E-state index in [0.29, 0.717) is 0 Å². The minimum atomic E-state index is -0.118. The van der Waals surface area contributed by atoms with Gasteiger partial charge in [-0.15, -0.1) is 0 Å². The third kappa shape index (κ3) is 2.68. The summed E-state index contributed by atoms with van der Waals surface area (Å²) in [5.74, 6) is 1.06. The molecule has 18 heavy (non-hydrogen) atoms. The summed E-state index contributed by atoms with van der Waals surface area (Å²) in [7, 11) is 0. The number of ether oxygens (including phenoxy) is 1. The van der Waals surface area contributed by atoms with Crippen molar-refractivity contribution in [3.8, 4) is 5.75 Å². The number of benzene rings is 1. The van der Waals surface area contributed by atoms with E-state index in [4.69, 9.17) is 4.74 Å². The number of piperidine rings is 1. The predicted molar refractivity (Wildman–Crippen MR) is 71.0 cm³/mol. The Morgan fingerprint density at radius 2 is 2.33 bits per heavy atom. The Kier molecular flexibility index (Phi) is 3.52. The van der Waals surface area contributed by atoms with Crippen LogP contribution in [0.4, 0.5) is 0 Å². The standard InChI is InChI=1S/C15H21NO2/c17-14-2-1-7-16(11-14)8-5-12-3-4-15-13(10-12)6-9-18-15/h3-4,10,14,17H,1-2,5-9,11H2/t14-/m0/s1. The van der Waals surface area contributed by atoms with Crippen LogP contribution in [-0.2, 0) is 12.8 Å². The first-order chi connectivity index (χ1) is 8.81. The van der Waals surface area contributed by atoms with Crippen molar-refractivity contribution in [2.75, 3.05) is 26.2 Å². The van der Waals surface area contributed by atoms with Crippen LogP contribution < -0.4 is 4.74 Å². The largest absolute Gasteiger partial charge is 0.493 e. The molecule has 1 N–H and O–H groups in total. The van der Waals surface area contributed by atoms with Crippen LogP contribution in [0, 0.1) is 0 Å². The van der Waals surface area contributed by atoms with Gasteiger partial charge in [-0.1, -0.05) is 12.1 Å². The van der Waals surface area contributed by atoms with Crippen molar-refractivity contribution < 1.29 is 9.84 Å². The highest BCUT2D eigenvalue weighted by atomic mass is 16.5. The highest BCUT2D eigenvalue weighted by Crippen LogP contribution is 2.26.